The summed E-state index contributed by atoms with van der Waals surface area (Å²) in [6.45, 7) is 1.89. The van der Waals surface area contributed by atoms with Crippen molar-refractivity contribution in [3.05, 3.63) is 40.4 Å². The Morgan fingerprint density at radius 2 is 2.19 bits per heavy atom. The van der Waals surface area contributed by atoms with Gasteiger partial charge in [-0.1, -0.05) is 23.7 Å². The first-order valence-electron chi connectivity index (χ1n) is 6.40. The van der Waals surface area contributed by atoms with Gasteiger partial charge in [-0.05, 0) is 48.6 Å². The van der Waals surface area contributed by atoms with E-state index >= 15 is 0 Å². The number of halogens is 1. The highest BCUT2D eigenvalue weighted by atomic mass is 35.5. The van der Waals surface area contributed by atoms with Gasteiger partial charge in [-0.3, -0.25) is 4.79 Å². The Morgan fingerprint density at radius 3 is 2.76 bits per heavy atom. The van der Waals surface area contributed by atoms with E-state index in [4.69, 9.17) is 16.7 Å². The number of carboxylic acids is 1. The number of thioether (sulfide) groups is 1. The first kappa shape index (κ1) is 17.6. The van der Waals surface area contributed by atoms with Gasteiger partial charge in [-0.15, -0.1) is 0 Å². The lowest BCUT2D eigenvalue weighted by molar-refractivity contribution is -0.141. The van der Waals surface area contributed by atoms with Gasteiger partial charge in [0.25, 0.3) is 0 Å². The number of nitrogens with one attached hydrogen (secondary N) is 1. The molecule has 0 aliphatic carbocycles. The maximum Gasteiger partial charge on any atom is 0.326 e. The van der Waals surface area contributed by atoms with Crippen LogP contribution in [-0.4, -0.2) is 35.0 Å². The van der Waals surface area contributed by atoms with E-state index in [1.807, 2.05) is 25.3 Å². The molecule has 1 atom stereocenters. The van der Waals surface area contributed by atoms with E-state index in [1.165, 1.54) is 6.08 Å². The number of amides is 1. The molecule has 1 amide bonds. The predicted molar refractivity (Wildman–Crippen MR) is 87.8 cm³/mol. The molecule has 0 saturated carbocycles. The second-order valence-electron chi connectivity index (χ2n) is 4.52. The first-order chi connectivity index (χ1) is 9.93. The molecule has 1 unspecified atom stereocenters. The second-order valence-corrected chi connectivity index (χ2v) is 5.92. The molecule has 0 aromatic heterocycles. The molecule has 0 spiro atoms. The van der Waals surface area contributed by atoms with Gasteiger partial charge in [0, 0.05) is 11.1 Å². The number of aliphatic carboxylic acids is 1. The maximum atomic E-state index is 11.7. The van der Waals surface area contributed by atoms with Crippen molar-refractivity contribution in [1.29, 1.82) is 0 Å². The summed E-state index contributed by atoms with van der Waals surface area (Å²) in [5, 5.41) is 12.1. The van der Waals surface area contributed by atoms with Gasteiger partial charge >= 0.3 is 5.97 Å². The Bertz CT molecular complexity index is 546. The number of carbonyl (C=O) groups is 2. The topological polar surface area (TPSA) is 66.4 Å². The molecule has 0 aliphatic heterocycles. The fourth-order valence-corrected chi connectivity index (χ4v) is 2.26. The molecule has 114 valence electrons. The fourth-order valence-electron chi connectivity index (χ4n) is 1.60. The van der Waals surface area contributed by atoms with Crippen molar-refractivity contribution < 1.29 is 14.7 Å². The smallest absolute Gasteiger partial charge is 0.326 e. The van der Waals surface area contributed by atoms with Crippen LogP contribution in [0.15, 0.2) is 24.3 Å². The van der Waals surface area contributed by atoms with Crippen molar-refractivity contribution in [3.8, 4) is 0 Å². The Kier molecular flexibility index (Phi) is 7.32. The lowest BCUT2D eigenvalue weighted by Gasteiger charge is -2.12. The third-order valence-electron chi connectivity index (χ3n) is 2.85. The summed E-state index contributed by atoms with van der Waals surface area (Å²) in [7, 11) is 0. The minimum atomic E-state index is -1.02. The number of rotatable bonds is 7. The van der Waals surface area contributed by atoms with Crippen LogP contribution in [0.2, 0.25) is 5.02 Å². The van der Waals surface area contributed by atoms with Gasteiger partial charge < -0.3 is 10.4 Å². The van der Waals surface area contributed by atoms with Crippen molar-refractivity contribution in [3.63, 3.8) is 0 Å². The Balaban J connectivity index is 2.64. The van der Waals surface area contributed by atoms with Gasteiger partial charge in [-0.2, -0.15) is 11.8 Å². The third-order valence-corrected chi connectivity index (χ3v) is 3.90. The van der Waals surface area contributed by atoms with E-state index in [-0.39, 0.29) is 0 Å². The van der Waals surface area contributed by atoms with Gasteiger partial charge in [0.2, 0.25) is 5.91 Å². The summed E-state index contributed by atoms with van der Waals surface area (Å²) in [5.74, 6) is -0.779. The van der Waals surface area contributed by atoms with Crippen LogP contribution < -0.4 is 5.32 Å². The minimum absolute atomic E-state index is 0.395. The molecular weight excluding hydrogens is 310 g/mol. The molecular formula is C15H18ClNO3S. The van der Waals surface area contributed by atoms with E-state index in [1.54, 1.807) is 23.9 Å². The quantitative estimate of drug-likeness (QED) is 0.756. The molecule has 0 aliphatic rings. The largest absolute Gasteiger partial charge is 0.480 e. The average molecular weight is 328 g/mol. The van der Waals surface area contributed by atoms with E-state index in [0.717, 1.165) is 11.1 Å². The summed E-state index contributed by atoms with van der Waals surface area (Å²) < 4.78 is 0. The molecule has 21 heavy (non-hydrogen) atoms. The molecule has 1 aromatic rings. The second kappa shape index (κ2) is 8.74. The predicted octanol–water partition coefficient (Wildman–Crippen LogP) is 2.98. The van der Waals surface area contributed by atoms with Crippen molar-refractivity contribution >= 4 is 41.3 Å². The summed E-state index contributed by atoms with van der Waals surface area (Å²) in [6.07, 6.45) is 5.21. The van der Waals surface area contributed by atoms with Crippen LogP contribution in [-0.2, 0) is 9.59 Å². The molecule has 1 aromatic carbocycles. The number of carboxylic acid groups (broad SMARTS) is 1. The highest BCUT2D eigenvalue weighted by molar-refractivity contribution is 7.98. The van der Waals surface area contributed by atoms with E-state index in [9.17, 15) is 9.59 Å². The minimum Gasteiger partial charge on any atom is -0.480 e. The van der Waals surface area contributed by atoms with E-state index in [0.29, 0.717) is 17.2 Å². The zero-order valence-corrected chi connectivity index (χ0v) is 13.5. The third kappa shape index (κ3) is 6.23. The molecule has 2 N–H and O–H groups in total. The van der Waals surface area contributed by atoms with Crippen molar-refractivity contribution in [2.45, 2.75) is 19.4 Å². The molecule has 0 fully saturated rings. The van der Waals surface area contributed by atoms with Crippen molar-refractivity contribution in [2.24, 2.45) is 0 Å². The normalized spacial score (nSPS) is 12.3. The van der Waals surface area contributed by atoms with Crippen molar-refractivity contribution in [2.75, 3.05) is 12.0 Å². The Hall–Kier alpha value is -1.46. The van der Waals surface area contributed by atoms with Gasteiger partial charge in [-0.25, -0.2) is 4.79 Å². The number of benzene rings is 1. The Morgan fingerprint density at radius 1 is 1.48 bits per heavy atom. The molecule has 6 heteroatoms. The van der Waals surface area contributed by atoms with Crippen LogP contribution in [0.3, 0.4) is 0 Å². The highest BCUT2D eigenvalue weighted by Crippen LogP contribution is 2.17. The summed E-state index contributed by atoms with van der Waals surface area (Å²) in [6, 6.07) is 4.59. The molecule has 0 heterocycles. The van der Waals surface area contributed by atoms with Crippen LogP contribution in [0.25, 0.3) is 6.08 Å². The standard InChI is InChI=1S/C15H18ClNO3S/c1-10-3-4-11(9-12(10)16)5-6-14(18)17-13(15(19)20)7-8-21-2/h3-6,9,13H,7-8H2,1-2H3,(H,17,18)(H,19,20)/b6-5+. The zero-order valence-electron chi connectivity index (χ0n) is 11.9. The fraction of sp³-hybridized carbons (Fsp3) is 0.333. The van der Waals surface area contributed by atoms with Gasteiger partial charge in [0.15, 0.2) is 0 Å². The number of hydrogen-bond donors (Lipinski definition) is 2. The van der Waals surface area contributed by atoms with E-state index < -0.39 is 17.9 Å². The zero-order chi connectivity index (χ0) is 15.8. The monoisotopic (exact) mass is 327 g/mol. The van der Waals surface area contributed by atoms with Gasteiger partial charge in [0.1, 0.15) is 6.04 Å². The summed E-state index contributed by atoms with van der Waals surface area (Å²) in [5.41, 5.74) is 1.75. The average Bonchev–Trinajstić information content (AvgIpc) is 2.44. The number of aryl methyl sites for hydroxylation is 1. The van der Waals surface area contributed by atoms with Crippen LogP contribution in [0.1, 0.15) is 17.5 Å². The SMILES string of the molecule is CSCCC(NC(=O)/C=C/c1ccc(C)c(Cl)c1)C(=O)O. The van der Waals surface area contributed by atoms with Crippen LogP contribution in [0.4, 0.5) is 0 Å². The lowest BCUT2D eigenvalue weighted by atomic mass is 10.1. The molecule has 0 saturated heterocycles. The molecule has 1 rings (SSSR count). The van der Waals surface area contributed by atoms with Crippen LogP contribution >= 0.6 is 23.4 Å². The Labute approximate surface area is 133 Å². The van der Waals surface area contributed by atoms with Crippen LogP contribution in [0.5, 0.6) is 0 Å². The maximum absolute atomic E-state index is 11.7. The molecule has 0 radical (unpaired) electrons. The molecule has 0 bridgehead atoms. The number of carbonyl (C=O) groups excluding carboxylic acids is 1. The van der Waals surface area contributed by atoms with E-state index in [2.05, 4.69) is 5.32 Å². The molecule has 4 nitrogen and oxygen atoms in total. The number of hydrogen-bond acceptors (Lipinski definition) is 3. The highest BCUT2D eigenvalue weighted by Gasteiger charge is 2.17. The van der Waals surface area contributed by atoms with Crippen molar-refractivity contribution in [1.82, 2.24) is 5.32 Å². The van der Waals surface area contributed by atoms with Crippen LogP contribution in [0, 0.1) is 6.92 Å². The lowest BCUT2D eigenvalue weighted by Crippen LogP contribution is -2.40. The first-order valence-corrected chi connectivity index (χ1v) is 8.17. The van der Waals surface area contributed by atoms with Gasteiger partial charge in [0.05, 0.1) is 0 Å². The summed E-state index contributed by atoms with van der Waals surface area (Å²) >= 11 is 7.54. The summed E-state index contributed by atoms with van der Waals surface area (Å²) in [4.78, 5) is 22.8.